The molecule has 5 unspecified atom stereocenters. The Balaban J connectivity index is 1.56. The minimum atomic E-state index is -0.873. The summed E-state index contributed by atoms with van der Waals surface area (Å²) in [5, 5.41) is 0. The van der Waals surface area contributed by atoms with Crippen molar-refractivity contribution in [2.45, 2.75) is 43.7 Å². The Bertz CT molecular complexity index is 598. The maximum Gasteiger partial charge on any atom is 0.345 e. The van der Waals surface area contributed by atoms with E-state index < -0.39 is 5.79 Å². The molecule has 4 nitrogen and oxygen atoms in total. The lowest BCUT2D eigenvalue weighted by atomic mass is 9.78. The molecule has 20 heavy (non-hydrogen) atoms. The molecule has 1 aliphatic carbocycles. The van der Waals surface area contributed by atoms with E-state index in [4.69, 9.17) is 14.2 Å². The smallest absolute Gasteiger partial charge is 0.345 e. The SMILES string of the molecule is O=C1OC2(CC3OC2C2CCCC32)Oc2ccccc21. The van der Waals surface area contributed by atoms with E-state index in [-0.39, 0.29) is 18.2 Å². The predicted octanol–water partition coefficient (Wildman–Crippen LogP) is 2.52. The van der Waals surface area contributed by atoms with Gasteiger partial charge in [-0.2, -0.15) is 0 Å². The number of ether oxygens (including phenoxy) is 3. The van der Waals surface area contributed by atoms with Gasteiger partial charge in [0.2, 0.25) is 0 Å². The van der Waals surface area contributed by atoms with Crippen molar-refractivity contribution in [1.29, 1.82) is 0 Å². The molecule has 1 aromatic rings. The topological polar surface area (TPSA) is 44.8 Å². The number of rotatable bonds is 0. The summed E-state index contributed by atoms with van der Waals surface area (Å²) in [6.45, 7) is 0. The average Bonchev–Trinajstić information content (AvgIpc) is 3.10. The van der Waals surface area contributed by atoms with Crippen LogP contribution in [0.1, 0.15) is 36.0 Å². The highest BCUT2D eigenvalue weighted by atomic mass is 16.8. The molecule has 3 fully saturated rings. The molecule has 2 bridgehead atoms. The first kappa shape index (κ1) is 11.1. The van der Waals surface area contributed by atoms with Crippen LogP contribution in [0.25, 0.3) is 0 Å². The van der Waals surface area contributed by atoms with Crippen molar-refractivity contribution < 1.29 is 19.0 Å². The van der Waals surface area contributed by atoms with Gasteiger partial charge >= 0.3 is 5.97 Å². The third-order valence-corrected chi connectivity index (χ3v) is 5.39. The van der Waals surface area contributed by atoms with Gasteiger partial charge in [-0.25, -0.2) is 4.79 Å². The summed E-state index contributed by atoms with van der Waals surface area (Å²) in [6, 6.07) is 7.30. The predicted molar refractivity (Wildman–Crippen MR) is 69.3 cm³/mol. The molecule has 1 spiro atoms. The van der Waals surface area contributed by atoms with Crippen LogP contribution in [0.2, 0.25) is 0 Å². The second-order valence-corrected chi connectivity index (χ2v) is 6.36. The fourth-order valence-electron chi connectivity index (χ4n) is 4.61. The zero-order chi connectivity index (χ0) is 13.3. The molecule has 3 aliphatic heterocycles. The first-order chi connectivity index (χ1) is 9.77. The van der Waals surface area contributed by atoms with E-state index in [2.05, 4.69) is 0 Å². The van der Waals surface area contributed by atoms with E-state index in [1.807, 2.05) is 18.2 Å². The van der Waals surface area contributed by atoms with E-state index in [0.29, 0.717) is 29.6 Å². The molecule has 5 rings (SSSR count). The van der Waals surface area contributed by atoms with Crippen molar-refractivity contribution in [3.05, 3.63) is 29.8 Å². The van der Waals surface area contributed by atoms with Gasteiger partial charge in [0.25, 0.3) is 5.79 Å². The van der Waals surface area contributed by atoms with Crippen molar-refractivity contribution in [2.24, 2.45) is 11.8 Å². The van der Waals surface area contributed by atoms with Gasteiger partial charge in [-0.05, 0) is 36.8 Å². The normalized spacial score (nSPS) is 44.1. The Morgan fingerprint density at radius 1 is 1.10 bits per heavy atom. The maximum atomic E-state index is 12.3. The summed E-state index contributed by atoms with van der Waals surface area (Å²) < 4.78 is 17.9. The number of para-hydroxylation sites is 1. The van der Waals surface area contributed by atoms with Crippen LogP contribution in [0.15, 0.2) is 24.3 Å². The van der Waals surface area contributed by atoms with Crippen molar-refractivity contribution >= 4 is 5.97 Å². The molecule has 3 heterocycles. The van der Waals surface area contributed by atoms with Crippen LogP contribution in [0, 0.1) is 11.8 Å². The molecule has 0 amide bonds. The number of fused-ring (bicyclic) bond motifs is 7. The van der Waals surface area contributed by atoms with Crippen molar-refractivity contribution in [3.8, 4) is 5.75 Å². The fourth-order valence-corrected chi connectivity index (χ4v) is 4.61. The monoisotopic (exact) mass is 272 g/mol. The molecule has 4 heteroatoms. The molecule has 1 saturated carbocycles. The Morgan fingerprint density at radius 2 is 1.95 bits per heavy atom. The van der Waals surface area contributed by atoms with Crippen LogP contribution < -0.4 is 4.74 Å². The molecule has 0 aromatic heterocycles. The number of benzene rings is 1. The van der Waals surface area contributed by atoms with Crippen molar-refractivity contribution in [1.82, 2.24) is 0 Å². The maximum absolute atomic E-state index is 12.3. The Kier molecular flexibility index (Phi) is 1.98. The highest BCUT2D eigenvalue weighted by Crippen LogP contribution is 2.57. The van der Waals surface area contributed by atoms with E-state index in [1.165, 1.54) is 12.8 Å². The van der Waals surface area contributed by atoms with Crippen LogP contribution in [0.4, 0.5) is 0 Å². The lowest BCUT2D eigenvalue weighted by Crippen LogP contribution is -2.55. The Labute approximate surface area is 117 Å². The summed E-state index contributed by atoms with van der Waals surface area (Å²) >= 11 is 0. The summed E-state index contributed by atoms with van der Waals surface area (Å²) in [7, 11) is 0. The minimum Gasteiger partial charge on any atom is -0.449 e. The van der Waals surface area contributed by atoms with Gasteiger partial charge in [0.05, 0.1) is 12.5 Å². The molecule has 4 aliphatic rings. The molecular weight excluding hydrogens is 256 g/mol. The molecule has 104 valence electrons. The highest BCUT2D eigenvalue weighted by Gasteiger charge is 2.67. The molecule has 0 radical (unpaired) electrons. The Hall–Kier alpha value is -1.55. The van der Waals surface area contributed by atoms with E-state index >= 15 is 0 Å². The minimum absolute atomic E-state index is 0.0858. The van der Waals surface area contributed by atoms with Gasteiger partial charge in [0.15, 0.2) is 0 Å². The first-order valence-corrected chi connectivity index (χ1v) is 7.44. The fraction of sp³-hybridized carbons (Fsp3) is 0.562. The zero-order valence-electron chi connectivity index (χ0n) is 11.1. The van der Waals surface area contributed by atoms with Gasteiger partial charge in [0, 0.05) is 0 Å². The van der Waals surface area contributed by atoms with E-state index in [9.17, 15) is 4.79 Å². The highest BCUT2D eigenvalue weighted by molar-refractivity contribution is 5.93. The van der Waals surface area contributed by atoms with Gasteiger partial charge < -0.3 is 14.2 Å². The summed E-state index contributed by atoms with van der Waals surface area (Å²) in [6.07, 6.45) is 4.45. The Morgan fingerprint density at radius 3 is 2.90 bits per heavy atom. The van der Waals surface area contributed by atoms with Gasteiger partial charge in [-0.3, -0.25) is 0 Å². The summed E-state index contributed by atoms with van der Waals surface area (Å²) in [4.78, 5) is 12.3. The third kappa shape index (κ3) is 1.23. The molecule has 0 N–H and O–H groups in total. The lowest BCUT2D eigenvalue weighted by molar-refractivity contribution is -0.195. The third-order valence-electron chi connectivity index (χ3n) is 5.39. The molecular formula is C16H16O4. The standard InChI is InChI=1S/C16H16O4/c17-15-11-4-1-2-7-12(11)19-16(20-15)8-13-9-5-3-6-10(9)14(16)18-13/h1-2,4,7,9-10,13-14H,3,5-6,8H2. The van der Waals surface area contributed by atoms with Gasteiger partial charge in [-0.15, -0.1) is 0 Å². The quantitative estimate of drug-likeness (QED) is 0.681. The number of carbonyl (C=O) groups is 1. The van der Waals surface area contributed by atoms with E-state index in [0.717, 1.165) is 6.42 Å². The largest absolute Gasteiger partial charge is 0.449 e. The van der Waals surface area contributed by atoms with Gasteiger partial charge in [0.1, 0.15) is 17.4 Å². The first-order valence-electron chi connectivity index (χ1n) is 7.44. The number of esters is 1. The number of carbonyl (C=O) groups excluding carboxylic acids is 1. The zero-order valence-corrected chi connectivity index (χ0v) is 11.1. The molecule has 2 saturated heterocycles. The summed E-state index contributed by atoms with van der Waals surface area (Å²) in [5.74, 6) is 0.616. The van der Waals surface area contributed by atoms with Crippen LogP contribution in [-0.2, 0) is 9.47 Å². The van der Waals surface area contributed by atoms with Crippen LogP contribution in [0.3, 0.4) is 0 Å². The van der Waals surface area contributed by atoms with Crippen LogP contribution in [0.5, 0.6) is 5.75 Å². The van der Waals surface area contributed by atoms with Gasteiger partial charge in [-0.1, -0.05) is 18.6 Å². The molecule has 1 aromatic carbocycles. The van der Waals surface area contributed by atoms with Crippen LogP contribution >= 0.6 is 0 Å². The summed E-state index contributed by atoms with van der Waals surface area (Å²) in [5.41, 5.74) is 0.517. The molecule has 5 atom stereocenters. The lowest BCUT2D eigenvalue weighted by Gasteiger charge is -2.41. The second kappa shape index (κ2) is 3.55. The second-order valence-electron chi connectivity index (χ2n) is 6.36. The average molecular weight is 272 g/mol. The van der Waals surface area contributed by atoms with E-state index in [1.54, 1.807) is 6.07 Å². The number of hydrogen-bond acceptors (Lipinski definition) is 4. The van der Waals surface area contributed by atoms with Crippen molar-refractivity contribution in [3.63, 3.8) is 0 Å². The van der Waals surface area contributed by atoms with Crippen LogP contribution in [-0.4, -0.2) is 24.0 Å². The number of hydrogen-bond donors (Lipinski definition) is 0. The van der Waals surface area contributed by atoms with Crippen molar-refractivity contribution in [2.75, 3.05) is 0 Å².